The number of rotatable bonds is 3. The van der Waals surface area contributed by atoms with Gasteiger partial charge in [0.25, 0.3) is 0 Å². The van der Waals surface area contributed by atoms with E-state index in [-0.39, 0.29) is 0 Å². The van der Waals surface area contributed by atoms with Crippen LogP contribution in [0.25, 0.3) is 0 Å². The van der Waals surface area contributed by atoms with E-state index in [1.54, 1.807) is 0 Å². The Kier molecular flexibility index (Phi) is 3.87. The summed E-state index contributed by atoms with van der Waals surface area (Å²) in [6.45, 7) is 10.7. The molecule has 2 unspecified atom stereocenters. The number of nitrogens with one attached hydrogen (secondary N) is 1. The van der Waals surface area contributed by atoms with Crippen molar-refractivity contribution in [1.82, 2.24) is 5.32 Å². The van der Waals surface area contributed by atoms with Crippen molar-refractivity contribution in [3.8, 4) is 0 Å². The SMILES string of the molecule is C=CC(C)NC1CSCCC1(C)C. The number of hydrogen-bond donors (Lipinski definition) is 1. The Labute approximate surface area is 86.4 Å². The van der Waals surface area contributed by atoms with Crippen LogP contribution in [0.2, 0.25) is 0 Å². The average molecular weight is 199 g/mol. The molecule has 1 saturated heterocycles. The Morgan fingerprint density at radius 3 is 2.85 bits per heavy atom. The first kappa shape index (κ1) is 11.1. The summed E-state index contributed by atoms with van der Waals surface area (Å²) in [4.78, 5) is 0. The molecule has 1 heterocycles. The van der Waals surface area contributed by atoms with Crippen molar-refractivity contribution in [1.29, 1.82) is 0 Å². The van der Waals surface area contributed by atoms with Crippen LogP contribution in [0, 0.1) is 5.41 Å². The third kappa shape index (κ3) is 3.03. The van der Waals surface area contributed by atoms with Gasteiger partial charge in [0.05, 0.1) is 0 Å². The third-order valence-electron chi connectivity index (χ3n) is 2.94. The lowest BCUT2D eigenvalue weighted by Crippen LogP contribution is -2.49. The predicted molar refractivity (Wildman–Crippen MR) is 62.3 cm³/mol. The van der Waals surface area contributed by atoms with Crippen LogP contribution in [0.5, 0.6) is 0 Å². The maximum Gasteiger partial charge on any atom is 0.0222 e. The van der Waals surface area contributed by atoms with Crippen LogP contribution in [0.1, 0.15) is 27.2 Å². The maximum atomic E-state index is 3.80. The van der Waals surface area contributed by atoms with Gasteiger partial charge < -0.3 is 5.32 Å². The molecule has 0 aromatic carbocycles. The van der Waals surface area contributed by atoms with Gasteiger partial charge in [-0.3, -0.25) is 0 Å². The fraction of sp³-hybridized carbons (Fsp3) is 0.818. The Balaban J connectivity index is 2.50. The quantitative estimate of drug-likeness (QED) is 0.701. The van der Waals surface area contributed by atoms with Crippen molar-refractivity contribution < 1.29 is 0 Å². The van der Waals surface area contributed by atoms with E-state index in [2.05, 4.69) is 44.4 Å². The Morgan fingerprint density at radius 2 is 2.31 bits per heavy atom. The normalized spacial score (nSPS) is 29.6. The molecular formula is C11H21NS. The van der Waals surface area contributed by atoms with Gasteiger partial charge in [-0.25, -0.2) is 0 Å². The summed E-state index contributed by atoms with van der Waals surface area (Å²) >= 11 is 2.06. The molecule has 0 amide bonds. The summed E-state index contributed by atoms with van der Waals surface area (Å²) in [6.07, 6.45) is 3.30. The topological polar surface area (TPSA) is 12.0 Å². The van der Waals surface area contributed by atoms with Crippen molar-refractivity contribution in [2.45, 2.75) is 39.3 Å². The van der Waals surface area contributed by atoms with E-state index in [0.29, 0.717) is 17.5 Å². The van der Waals surface area contributed by atoms with Gasteiger partial charge in [-0.15, -0.1) is 6.58 Å². The molecule has 0 aliphatic carbocycles. The minimum atomic E-state index is 0.433. The standard InChI is InChI=1S/C11H21NS/c1-5-9(2)12-10-8-13-7-6-11(10,3)4/h5,9-10,12H,1,6-8H2,2-4H3. The molecule has 0 aromatic rings. The van der Waals surface area contributed by atoms with Crippen molar-refractivity contribution in [2.24, 2.45) is 5.41 Å². The van der Waals surface area contributed by atoms with E-state index in [9.17, 15) is 0 Å². The zero-order chi connectivity index (χ0) is 9.90. The molecule has 2 atom stereocenters. The Bertz CT molecular complexity index is 177. The summed E-state index contributed by atoms with van der Waals surface area (Å²) in [6, 6.07) is 1.07. The van der Waals surface area contributed by atoms with Crippen LogP contribution in [-0.2, 0) is 0 Å². The second-order valence-corrected chi connectivity index (χ2v) is 5.71. The first-order chi connectivity index (χ1) is 6.06. The van der Waals surface area contributed by atoms with Crippen molar-refractivity contribution in [3.63, 3.8) is 0 Å². The number of hydrogen-bond acceptors (Lipinski definition) is 2. The van der Waals surface area contributed by atoms with E-state index >= 15 is 0 Å². The van der Waals surface area contributed by atoms with Gasteiger partial charge >= 0.3 is 0 Å². The second-order valence-electron chi connectivity index (χ2n) is 4.56. The molecule has 1 nitrogen and oxygen atoms in total. The molecule has 1 rings (SSSR count). The zero-order valence-corrected chi connectivity index (χ0v) is 9.79. The highest BCUT2D eigenvalue weighted by Crippen LogP contribution is 2.34. The molecule has 13 heavy (non-hydrogen) atoms. The van der Waals surface area contributed by atoms with Gasteiger partial charge in [-0.2, -0.15) is 11.8 Å². The molecule has 1 aliphatic heterocycles. The zero-order valence-electron chi connectivity index (χ0n) is 8.97. The van der Waals surface area contributed by atoms with Crippen LogP contribution in [0.3, 0.4) is 0 Å². The van der Waals surface area contributed by atoms with Gasteiger partial charge in [-0.05, 0) is 24.5 Å². The first-order valence-corrected chi connectivity index (χ1v) is 6.18. The van der Waals surface area contributed by atoms with Crippen molar-refractivity contribution in [2.75, 3.05) is 11.5 Å². The molecule has 76 valence electrons. The van der Waals surface area contributed by atoms with Gasteiger partial charge in [-0.1, -0.05) is 19.9 Å². The smallest absolute Gasteiger partial charge is 0.0222 e. The van der Waals surface area contributed by atoms with Crippen LogP contribution < -0.4 is 5.32 Å². The fourth-order valence-corrected chi connectivity index (χ4v) is 3.22. The highest BCUT2D eigenvalue weighted by Gasteiger charge is 2.32. The van der Waals surface area contributed by atoms with Crippen molar-refractivity contribution in [3.05, 3.63) is 12.7 Å². The van der Waals surface area contributed by atoms with Crippen LogP contribution in [0.4, 0.5) is 0 Å². The monoisotopic (exact) mass is 199 g/mol. The van der Waals surface area contributed by atoms with E-state index in [4.69, 9.17) is 0 Å². The summed E-state index contributed by atoms with van der Waals surface area (Å²) < 4.78 is 0. The van der Waals surface area contributed by atoms with E-state index < -0.39 is 0 Å². The molecule has 1 fully saturated rings. The minimum absolute atomic E-state index is 0.433. The van der Waals surface area contributed by atoms with Crippen LogP contribution >= 0.6 is 11.8 Å². The lowest BCUT2D eigenvalue weighted by Gasteiger charge is -2.40. The fourth-order valence-electron chi connectivity index (χ4n) is 1.60. The highest BCUT2D eigenvalue weighted by molar-refractivity contribution is 7.99. The summed E-state index contributed by atoms with van der Waals surface area (Å²) in [5.41, 5.74) is 0.447. The molecule has 1 aliphatic rings. The maximum absolute atomic E-state index is 3.80. The van der Waals surface area contributed by atoms with Gasteiger partial charge in [0.2, 0.25) is 0 Å². The third-order valence-corrected chi connectivity index (χ3v) is 4.00. The van der Waals surface area contributed by atoms with E-state index in [1.165, 1.54) is 17.9 Å². The molecule has 0 aromatic heterocycles. The largest absolute Gasteiger partial charge is 0.307 e. The number of thioether (sulfide) groups is 1. The first-order valence-electron chi connectivity index (χ1n) is 5.02. The Hall–Kier alpha value is 0.0500. The highest BCUT2D eigenvalue weighted by atomic mass is 32.2. The molecule has 0 bridgehead atoms. The lowest BCUT2D eigenvalue weighted by atomic mass is 9.82. The van der Waals surface area contributed by atoms with E-state index in [0.717, 1.165) is 0 Å². The van der Waals surface area contributed by atoms with Gasteiger partial charge in [0.1, 0.15) is 0 Å². The second kappa shape index (κ2) is 4.52. The predicted octanol–water partition coefficient (Wildman–Crippen LogP) is 2.68. The average Bonchev–Trinajstić information content (AvgIpc) is 2.08. The molecule has 0 radical (unpaired) electrons. The summed E-state index contributed by atoms with van der Waals surface area (Å²) in [7, 11) is 0. The lowest BCUT2D eigenvalue weighted by molar-refractivity contribution is 0.239. The molecule has 1 N–H and O–H groups in total. The van der Waals surface area contributed by atoms with Gasteiger partial charge in [0.15, 0.2) is 0 Å². The van der Waals surface area contributed by atoms with Crippen molar-refractivity contribution >= 4 is 11.8 Å². The molecule has 2 heteroatoms. The molecular weight excluding hydrogens is 178 g/mol. The van der Waals surface area contributed by atoms with Crippen LogP contribution in [0.15, 0.2) is 12.7 Å². The molecule has 0 saturated carbocycles. The van der Waals surface area contributed by atoms with Crippen LogP contribution in [-0.4, -0.2) is 23.6 Å². The Morgan fingerprint density at radius 1 is 1.62 bits per heavy atom. The summed E-state index contributed by atoms with van der Waals surface area (Å²) in [5.74, 6) is 2.55. The van der Waals surface area contributed by atoms with E-state index in [1.807, 2.05) is 6.08 Å². The van der Waals surface area contributed by atoms with Gasteiger partial charge in [0, 0.05) is 17.8 Å². The molecule has 0 spiro atoms. The minimum Gasteiger partial charge on any atom is -0.307 e. The summed E-state index contributed by atoms with van der Waals surface area (Å²) in [5, 5.41) is 3.62.